The fraction of sp³-hybridized carbons (Fsp3) is 0.333. The predicted molar refractivity (Wildman–Crippen MR) is 96.2 cm³/mol. The summed E-state index contributed by atoms with van der Waals surface area (Å²) in [6.45, 7) is 3.93. The number of nitrogens with zero attached hydrogens (tertiary/aromatic N) is 1. The average Bonchev–Trinajstić information content (AvgIpc) is 2.60. The van der Waals surface area contributed by atoms with Crippen LogP contribution in [0.5, 0.6) is 11.5 Å². The summed E-state index contributed by atoms with van der Waals surface area (Å²) in [4.78, 5) is 16.8. The Bertz CT molecular complexity index is 734. The second kappa shape index (κ2) is 8.06. The monoisotopic (exact) mass is 346 g/mol. The number of aryl methyl sites for hydroxylation is 1. The summed E-state index contributed by atoms with van der Waals surface area (Å²) in [5.74, 6) is 1.17. The third-order valence-electron chi connectivity index (χ3n) is 3.80. The molecular weight excluding hydrogens is 324 g/mol. The second-order valence-corrected chi connectivity index (χ2v) is 6.11. The molecule has 0 bridgehead atoms. The standard InChI is InChI=1S/C18H22N2O3S/c1-11-9-15(22-3)16(23-4)10-14(11)12(2)20-17(21)13-7-6-8-19-18(13)24-5/h6-10,12H,1-5H3,(H,20,21). The summed E-state index contributed by atoms with van der Waals surface area (Å²) in [6, 6.07) is 7.18. The van der Waals surface area contributed by atoms with E-state index in [1.165, 1.54) is 11.8 Å². The molecule has 1 aromatic carbocycles. The van der Waals surface area contributed by atoms with Crippen molar-refractivity contribution in [1.82, 2.24) is 10.3 Å². The van der Waals surface area contributed by atoms with Crippen LogP contribution in [0.4, 0.5) is 0 Å². The van der Waals surface area contributed by atoms with Crippen molar-refractivity contribution in [3.05, 3.63) is 47.2 Å². The molecule has 6 heteroatoms. The van der Waals surface area contributed by atoms with Crippen LogP contribution in [0, 0.1) is 6.92 Å². The lowest BCUT2D eigenvalue weighted by molar-refractivity contribution is 0.0936. The van der Waals surface area contributed by atoms with E-state index in [0.29, 0.717) is 22.1 Å². The van der Waals surface area contributed by atoms with Crippen molar-refractivity contribution in [2.45, 2.75) is 24.9 Å². The van der Waals surface area contributed by atoms with Crippen LogP contribution < -0.4 is 14.8 Å². The van der Waals surface area contributed by atoms with Gasteiger partial charge in [-0.15, -0.1) is 11.8 Å². The third-order valence-corrected chi connectivity index (χ3v) is 4.51. The number of rotatable bonds is 6. The minimum atomic E-state index is -0.174. The SMILES string of the molecule is COc1cc(C)c(C(C)NC(=O)c2cccnc2SC)cc1OC. The van der Waals surface area contributed by atoms with E-state index < -0.39 is 0 Å². The van der Waals surface area contributed by atoms with Crippen LogP contribution in [0.3, 0.4) is 0 Å². The van der Waals surface area contributed by atoms with Gasteiger partial charge in [-0.2, -0.15) is 0 Å². The Hall–Kier alpha value is -2.21. The number of amides is 1. The van der Waals surface area contributed by atoms with Crippen molar-refractivity contribution in [1.29, 1.82) is 0 Å². The summed E-state index contributed by atoms with van der Waals surface area (Å²) in [5.41, 5.74) is 2.59. The van der Waals surface area contributed by atoms with Gasteiger partial charge in [0.2, 0.25) is 0 Å². The van der Waals surface area contributed by atoms with Gasteiger partial charge >= 0.3 is 0 Å². The van der Waals surface area contributed by atoms with Crippen LogP contribution in [0.15, 0.2) is 35.5 Å². The van der Waals surface area contributed by atoms with Crippen molar-refractivity contribution in [2.75, 3.05) is 20.5 Å². The number of carbonyl (C=O) groups is 1. The molecule has 1 unspecified atom stereocenters. The van der Waals surface area contributed by atoms with Gasteiger partial charge < -0.3 is 14.8 Å². The molecule has 128 valence electrons. The Labute approximate surface area is 146 Å². The quantitative estimate of drug-likeness (QED) is 0.810. The molecule has 1 heterocycles. The van der Waals surface area contributed by atoms with Gasteiger partial charge in [0.1, 0.15) is 5.03 Å². The van der Waals surface area contributed by atoms with Crippen LogP contribution in [-0.2, 0) is 0 Å². The van der Waals surface area contributed by atoms with Gasteiger partial charge in [-0.1, -0.05) is 0 Å². The molecule has 0 aliphatic heterocycles. The Kier molecular flexibility index (Phi) is 6.09. The lowest BCUT2D eigenvalue weighted by Crippen LogP contribution is -2.27. The highest BCUT2D eigenvalue weighted by atomic mass is 32.2. The highest BCUT2D eigenvalue weighted by Gasteiger charge is 2.18. The van der Waals surface area contributed by atoms with E-state index in [-0.39, 0.29) is 11.9 Å². The topological polar surface area (TPSA) is 60.5 Å². The van der Waals surface area contributed by atoms with Gasteiger partial charge in [0.05, 0.1) is 25.8 Å². The number of methoxy groups -OCH3 is 2. The summed E-state index contributed by atoms with van der Waals surface area (Å²) in [7, 11) is 3.20. The third kappa shape index (κ3) is 3.82. The minimum absolute atomic E-state index is 0.144. The smallest absolute Gasteiger partial charge is 0.254 e. The number of benzene rings is 1. The molecule has 1 N–H and O–H groups in total. The van der Waals surface area contributed by atoms with E-state index in [0.717, 1.165) is 11.1 Å². The zero-order valence-electron chi connectivity index (χ0n) is 14.5. The molecule has 0 radical (unpaired) electrons. The number of pyridine rings is 1. The number of carbonyl (C=O) groups excluding carboxylic acids is 1. The van der Waals surface area contributed by atoms with E-state index in [4.69, 9.17) is 9.47 Å². The van der Waals surface area contributed by atoms with Gasteiger partial charge in [-0.05, 0) is 55.5 Å². The Morgan fingerprint density at radius 2 is 1.92 bits per heavy atom. The molecule has 2 aromatic rings. The second-order valence-electron chi connectivity index (χ2n) is 5.32. The number of hydrogen-bond acceptors (Lipinski definition) is 5. The van der Waals surface area contributed by atoms with E-state index in [1.54, 1.807) is 32.5 Å². The predicted octanol–water partition coefficient (Wildman–Crippen LogP) is 3.62. The van der Waals surface area contributed by atoms with Crippen LogP contribution >= 0.6 is 11.8 Å². The summed E-state index contributed by atoms with van der Waals surface area (Å²) >= 11 is 1.45. The number of nitrogens with one attached hydrogen (secondary N) is 1. The molecule has 0 spiro atoms. The van der Waals surface area contributed by atoms with Crippen LogP contribution in [0.2, 0.25) is 0 Å². The minimum Gasteiger partial charge on any atom is -0.493 e. The molecule has 24 heavy (non-hydrogen) atoms. The first-order chi connectivity index (χ1) is 11.5. The fourth-order valence-corrected chi connectivity index (χ4v) is 3.09. The molecular formula is C18H22N2O3S. The van der Waals surface area contributed by atoms with E-state index in [9.17, 15) is 4.79 Å². The molecule has 0 saturated heterocycles. The normalized spacial score (nSPS) is 11.7. The zero-order valence-corrected chi connectivity index (χ0v) is 15.4. The highest BCUT2D eigenvalue weighted by Crippen LogP contribution is 2.33. The number of hydrogen-bond donors (Lipinski definition) is 1. The number of ether oxygens (including phenoxy) is 2. The van der Waals surface area contributed by atoms with E-state index in [1.807, 2.05) is 32.2 Å². The van der Waals surface area contributed by atoms with Crippen LogP contribution in [-0.4, -0.2) is 31.4 Å². The molecule has 0 aliphatic carbocycles. The average molecular weight is 346 g/mol. The van der Waals surface area contributed by atoms with Crippen molar-refractivity contribution >= 4 is 17.7 Å². The number of thioether (sulfide) groups is 1. The first-order valence-corrected chi connectivity index (χ1v) is 8.76. The van der Waals surface area contributed by atoms with Crippen molar-refractivity contribution in [3.8, 4) is 11.5 Å². The molecule has 5 nitrogen and oxygen atoms in total. The lowest BCUT2D eigenvalue weighted by atomic mass is 10.0. The molecule has 1 amide bonds. The summed E-state index contributed by atoms with van der Waals surface area (Å²) in [5, 5.41) is 3.74. The van der Waals surface area contributed by atoms with Crippen molar-refractivity contribution < 1.29 is 14.3 Å². The molecule has 0 aliphatic rings. The summed E-state index contributed by atoms with van der Waals surface area (Å²) < 4.78 is 10.7. The van der Waals surface area contributed by atoms with Crippen LogP contribution in [0.1, 0.15) is 34.5 Å². The lowest BCUT2D eigenvalue weighted by Gasteiger charge is -2.19. The zero-order chi connectivity index (χ0) is 17.7. The van der Waals surface area contributed by atoms with Gasteiger partial charge in [0.25, 0.3) is 5.91 Å². The van der Waals surface area contributed by atoms with E-state index >= 15 is 0 Å². The maximum Gasteiger partial charge on any atom is 0.254 e. The highest BCUT2D eigenvalue weighted by molar-refractivity contribution is 7.98. The van der Waals surface area contributed by atoms with Gasteiger partial charge in [-0.3, -0.25) is 4.79 Å². The number of aromatic nitrogens is 1. The Morgan fingerprint density at radius 1 is 1.25 bits per heavy atom. The molecule has 0 saturated carbocycles. The van der Waals surface area contributed by atoms with E-state index in [2.05, 4.69) is 10.3 Å². The summed E-state index contributed by atoms with van der Waals surface area (Å²) in [6.07, 6.45) is 3.59. The van der Waals surface area contributed by atoms with Gasteiger partial charge in [-0.25, -0.2) is 4.98 Å². The first-order valence-electron chi connectivity index (χ1n) is 7.54. The fourth-order valence-electron chi connectivity index (χ4n) is 2.54. The molecule has 2 rings (SSSR count). The van der Waals surface area contributed by atoms with Gasteiger partial charge in [0.15, 0.2) is 11.5 Å². The maximum atomic E-state index is 12.6. The molecule has 1 aromatic heterocycles. The molecule has 1 atom stereocenters. The largest absolute Gasteiger partial charge is 0.493 e. The Morgan fingerprint density at radius 3 is 2.54 bits per heavy atom. The Balaban J connectivity index is 2.26. The van der Waals surface area contributed by atoms with Crippen LogP contribution in [0.25, 0.3) is 0 Å². The molecule has 0 fully saturated rings. The van der Waals surface area contributed by atoms with Gasteiger partial charge in [0, 0.05) is 6.20 Å². The van der Waals surface area contributed by atoms with Crippen molar-refractivity contribution in [3.63, 3.8) is 0 Å². The first kappa shape index (κ1) is 18.1. The maximum absolute atomic E-state index is 12.6. The van der Waals surface area contributed by atoms with Crippen molar-refractivity contribution in [2.24, 2.45) is 0 Å².